The maximum atomic E-state index is 12.9. The first-order valence-electron chi connectivity index (χ1n) is 10.4. The number of hydrogen-bond acceptors (Lipinski definition) is 6. The second kappa shape index (κ2) is 10.4. The Morgan fingerprint density at radius 3 is 2.45 bits per heavy atom. The standard InChI is InChI=1S/C22H28N2O5S2/c1-16(21(25)23-15-19-9-6-14-30-19)29-22(26)17-10-12-20(13-11-17)31(27,28)24(2)18-7-4-3-5-8-18/h6,9-14,16,18H,3-5,7-8,15H2,1-2H3,(H,23,25). The molecule has 1 aromatic heterocycles. The molecule has 1 unspecified atom stereocenters. The zero-order chi connectivity index (χ0) is 22.4. The van der Waals surface area contributed by atoms with Gasteiger partial charge in [0.2, 0.25) is 10.0 Å². The topological polar surface area (TPSA) is 92.8 Å². The van der Waals surface area contributed by atoms with Gasteiger partial charge in [-0.2, -0.15) is 4.31 Å². The second-order valence-electron chi connectivity index (χ2n) is 7.68. The summed E-state index contributed by atoms with van der Waals surface area (Å²) in [7, 11) is -2.01. The average Bonchev–Trinajstić information content (AvgIpc) is 3.31. The fourth-order valence-corrected chi connectivity index (χ4v) is 5.64. The van der Waals surface area contributed by atoms with Gasteiger partial charge in [0.25, 0.3) is 5.91 Å². The van der Waals surface area contributed by atoms with E-state index in [1.807, 2.05) is 17.5 Å². The molecular weight excluding hydrogens is 436 g/mol. The number of thiophene rings is 1. The van der Waals surface area contributed by atoms with Crippen molar-refractivity contribution in [2.24, 2.45) is 0 Å². The zero-order valence-corrected chi connectivity index (χ0v) is 19.4. The number of nitrogens with one attached hydrogen (secondary N) is 1. The van der Waals surface area contributed by atoms with Gasteiger partial charge in [0.1, 0.15) is 0 Å². The number of nitrogens with zero attached hydrogens (tertiary/aromatic N) is 1. The van der Waals surface area contributed by atoms with Crippen LogP contribution < -0.4 is 5.32 Å². The van der Waals surface area contributed by atoms with Crippen molar-refractivity contribution in [3.8, 4) is 0 Å². The van der Waals surface area contributed by atoms with E-state index in [0.29, 0.717) is 6.54 Å². The quantitative estimate of drug-likeness (QED) is 0.603. The SMILES string of the molecule is CC(OC(=O)c1ccc(S(=O)(=O)N(C)C2CCCCC2)cc1)C(=O)NCc1cccs1. The number of hydrogen-bond donors (Lipinski definition) is 1. The number of benzene rings is 1. The minimum atomic E-state index is -3.63. The fraction of sp³-hybridized carbons (Fsp3) is 0.455. The van der Waals surface area contributed by atoms with Gasteiger partial charge in [0, 0.05) is 18.0 Å². The van der Waals surface area contributed by atoms with E-state index in [-0.39, 0.29) is 16.5 Å². The van der Waals surface area contributed by atoms with Crippen LogP contribution in [-0.4, -0.2) is 43.8 Å². The highest BCUT2D eigenvalue weighted by Gasteiger charge is 2.29. The molecule has 0 radical (unpaired) electrons. The largest absolute Gasteiger partial charge is 0.449 e. The molecule has 1 amide bonds. The van der Waals surface area contributed by atoms with E-state index < -0.39 is 28.0 Å². The summed E-state index contributed by atoms with van der Waals surface area (Å²) in [5.74, 6) is -1.07. The van der Waals surface area contributed by atoms with Crippen molar-refractivity contribution in [1.82, 2.24) is 9.62 Å². The third-order valence-corrected chi connectivity index (χ3v) is 8.33. The van der Waals surface area contributed by atoms with E-state index in [1.165, 1.54) is 46.8 Å². The Labute approximate surface area is 187 Å². The van der Waals surface area contributed by atoms with Crippen LogP contribution in [0.25, 0.3) is 0 Å². The lowest BCUT2D eigenvalue weighted by atomic mass is 9.96. The molecule has 0 bridgehead atoms. The van der Waals surface area contributed by atoms with Crippen LogP contribution in [0.3, 0.4) is 0 Å². The first-order valence-corrected chi connectivity index (χ1v) is 12.7. The number of rotatable bonds is 8. The zero-order valence-electron chi connectivity index (χ0n) is 17.7. The molecule has 31 heavy (non-hydrogen) atoms. The first kappa shape index (κ1) is 23.4. The number of amides is 1. The van der Waals surface area contributed by atoms with Crippen molar-refractivity contribution in [3.63, 3.8) is 0 Å². The Bertz CT molecular complexity index is 981. The maximum Gasteiger partial charge on any atom is 0.338 e. The molecule has 1 fully saturated rings. The first-order chi connectivity index (χ1) is 14.8. The molecule has 1 atom stereocenters. The molecule has 1 heterocycles. The fourth-order valence-electron chi connectivity index (χ4n) is 3.58. The van der Waals surface area contributed by atoms with E-state index in [9.17, 15) is 18.0 Å². The summed E-state index contributed by atoms with van der Waals surface area (Å²) >= 11 is 1.53. The van der Waals surface area contributed by atoms with Crippen LogP contribution in [0.2, 0.25) is 0 Å². The normalized spacial score (nSPS) is 16.1. The summed E-state index contributed by atoms with van der Waals surface area (Å²) in [6, 6.07) is 9.46. The molecule has 1 aromatic carbocycles. The Hall–Kier alpha value is -2.23. The number of carbonyl (C=O) groups excluding carboxylic acids is 2. The summed E-state index contributed by atoms with van der Waals surface area (Å²) < 4.78 is 32.5. The van der Waals surface area contributed by atoms with Crippen LogP contribution in [0.15, 0.2) is 46.7 Å². The van der Waals surface area contributed by atoms with Crippen LogP contribution >= 0.6 is 11.3 Å². The highest BCUT2D eigenvalue weighted by molar-refractivity contribution is 7.89. The number of ether oxygens (including phenoxy) is 1. The number of esters is 1. The minimum absolute atomic E-state index is 0.0110. The monoisotopic (exact) mass is 464 g/mol. The summed E-state index contributed by atoms with van der Waals surface area (Å²) in [4.78, 5) is 25.7. The molecule has 3 rings (SSSR count). The van der Waals surface area contributed by atoms with Gasteiger partial charge in [-0.25, -0.2) is 13.2 Å². The van der Waals surface area contributed by atoms with E-state index >= 15 is 0 Å². The highest BCUT2D eigenvalue weighted by Crippen LogP contribution is 2.26. The predicted octanol–water partition coefficient (Wildman–Crippen LogP) is 3.56. The van der Waals surface area contributed by atoms with Gasteiger partial charge >= 0.3 is 5.97 Å². The van der Waals surface area contributed by atoms with Gasteiger partial charge in [-0.1, -0.05) is 25.3 Å². The second-order valence-corrected chi connectivity index (χ2v) is 10.7. The minimum Gasteiger partial charge on any atom is -0.449 e. The van der Waals surface area contributed by atoms with Gasteiger partial charge in [0.05, 0.1) is 17.0 Å². The number of carbonyl (C=O) groups is 2. The van der Waals surface area contributed by atoms with E-state index in [4.69, 9.17) is 4.74 Å². The molecule has 2 aromatic rings. The molecular formula is C22H28N2O5S2. The van der Waals surface area contributed by atoms with Gasteiger partial charge in [-0.05, 0) is 55.5 Å². The predicted molar refractivity (Wildman–Crippen MR) is 119 cm³/mol. The van der Waals surface area contributed by atoms with Crippen molar-refractivity contribution >= 4 is 33.2 Å². The molecule has 1 aliphatic rings. The van der Waals surface area contributed by atoms with E-state index in [0.717, 1.165) is 37.0 Å². The molecule has 1 N–H and O–H groups in total. The molecule has 0 aliphatic heterocycles. The average molecular weight is 465 g/mol. The molecule has 168 valence electrons. The lowest BCUT2D eigenvalue weighted by molar-refractivity contribution is -0.129. The van der Waals surface area contributed by atoms with Gasteiger partial charge in [-0.3, -0.25) is 4.79 Å². The third kappa shape index (κ3) is 5.93. The Balaban J connectivity index is 1.58. The molecule has 1 aliphatic carbocycles. The maximum absolute atomic E-state index is 12.9. The Morgan fingerprint density at radius 1 is 1.16 bits per heavy atom. The van der Waals surface area contributed by atoms with E-state index in [1.54, 1.807) is 7.05 Å². The summed E-state index contributed by atoms with van der Waals surface area (Å²) in [6.45, 7) is 1.87. The van der Waals surface area contributed by atoms with E-state index in [2.05, 4.69) is 5.32 Å². The van der Waals surface area contributed by atoms with Crippen molar-refractivity contribution in [2.45, 2.75) is 62.6 Å². The van der Waals surface area contributed by atoms with Crippen LogP contribution in [-0.2, 0) is 26.1 Å². The van der Waals surface area contributed by atoms with Crippen LogP contribution in [0.5, 0.6) is 0 Å². The summed E-state index contributed by atoms with van der Waals surface area (Å²) in [5.41, 5.74) is 0.192. The summed E-state index contributed by atoms with van der Waals surface area (Å²) in [6.07, 6.45) is 3.99. The van der Waals surface area contributed by atoms with Crippen LogP contribution in [0.1, 0.15) is 54.3 Å². The molecule has 1 saturated carbocycles. The lowest BCUT2D eigenvalue weighted by Gasteiger charge is -2.30. The lowest BCUT2D eigenvalue weighted by Crippen LogP contribution is -2.38. The van der Waals surface area contributed by atoms with Crippen LogP contribution in [0.4, 0.5) is 0 Å². The molecule has 7 nitrogen and oxygen atoms in total. The Morgan fingerprint density at radius 2 is 1.84 bits per heavy atom. The van der Waals surface area contributed by atoms with Crippen LogP contribution in [0, 0.1) is 0 Å². The van der Waals surface area contributed by atoms with Gasteiger partial charge < -0.3 is 10.1 Å². The van der Waals surface area contributed by atoms with Crippen molar-refractivity contribution < 1.29 is 22.7 Å². The summed E-state index contributed by atoms with van der Waals surface area (Å²) in [5, 5.41) is 4.64. The van der Waals surface area contributed by atoms with Crippen molar-refractivity contribution in [2.75, 3.05) is 7.05 Å². The van der Waals surface area contributed by atoms with Crippen molar-refractivity contribution in [3.05, 3.63) is 52.2 Å². The Kier molecular flexibility index (Phi) is 7.85. The molecule has 0 saturated heterocycles. The highest BCUT2D eigenvalue weighted by atomic mass is 32.2. The smallest absolute Gasteiger partial charge is 0.338 e. The van der Waals surface area contributed by atoms with Gasteiger partial charge in [-0.15, -0.1) is 11.3 Å². The molecule has 9 heteroatoms. The van der Waals surface area contributed by atoms with Crippen molar-refractivity contribution in [1.29, 1.82) is 0 Å². The third-order valence-electron chi connectivity index (χ3n) is 5.53. The number of sulfonamides is 1. The molecule has 0 spiro atoms. The van der Waals surface area contributed by atoms with Gasteiger partial charge in [0.15, 0.2) is 6.10 Å².